The van der Waals surface area contributed by atoms with Crippen molar-refractivity contribution in [1.29, 1.82) is 0 Å². The average Bonchev–Trinajstić information content (AvgIpc) is 2.62. The summed E-state index contributed by atoms with van der Waals surface area (Å²) < 4.78 is 6.00. The van der Waals surface area contributed by atoms with Gasteiger partial charge in [0.15, 0.2) is 0 Å². The molecule has 1 aromatic carbocycles. The molecule has 0 radical (unpaired) electrons. The number of ether oxygens (including phenoxy) is 1. The zero-order chi connectivity index (χ0) is 16.8. The van der Waals surface area contributed by atoms with Crippen molar-refractivity contribution in [3.8, 4) is 5.75 Å². The second kappa shape index (κ2) is 8.47. The third kappa shape index (κ3) is 4.69. The molecule has 1 aromatic heterocycles. The first-order valence-corrected chi connectivity index (χ1v) is 8.75. The first kappa shape index (κ1) is 17.2. The minimum absolute atomic E-state index is 0.296. The molecule has 0 spiro atoms. The molecule has 4 nitrogen and oxygen atoms in total. The standard InChI is InChI=1S/C19H23ClN2O2/c20-18-3-4-19(24-14-16-2-1-7-21-11-16)17(10-18)12-22-8-5-15(13-23)6-9-22/h1-4,7,10-11,15,23H,5-6,8-9,12-14H2. The minimum atomic E-state index is 0.296. The number of benzene rings is 1. The van der Waals surface area contributed by atoms with E-state index in [-0.39, 0.29) is 0 Å². The van der Waals surface area contributed by atoms with Gasteiger partial charge >= 0.3 is 0 Å². The van der Waals surface area contributed by atoms with E-state index in [0.29, 0.717) is 19.1 Å². The number of aromatic nitrogens is 1. The highest BCUT2D eigenvalue weighted by Crippen LogP contribution is 2.27. The fourth-order valence-corrected chi connectivity index (χ4v) is 3.22. The maximum atomic E-state index is 9.26. The molecule has 5 heteroatoms. The summed E-state index contributed by atoms with van der Waals surface area (Å²) in [6, 6.07) is 9.70. The number of hydrogen-bond acceptors (Lipinski definition) is 4. The van der Waals surface area contributed by atoms with Crippen LogP contribution in [0.2, 0.25) is 5.02 Å². The number of aliphatic hydroxyl groups is 1. The molecule has 1 saturated heterocycles. The Hall–Kier alpha value is -1.62. The SMILES string of the molecule is OCC1CCN(Cc2cc(Cl)ccc2OCc2cccnc2)CC1. The largest absolute Gasteiger partial charge is 0.489 e. The van der Waals surface area contributed by atoms with Gasteiger partial charge < -0.3 is 9.84 Å². The van der Waals surface area contributed by atoms with Gasteiger partial charge in [-0.3, -0.25) is 9.88 Å². The van der Waals surface area contributed by atoms with Gasteiger partial charge in [0, 0.05) is 41.7 Å². The van der Waals surface area contributed by atoms with E-state index in [1.807, 2.05) is 36.5 Å². The molecular formula is C19H23ClN2O2. The van der Waals surface area contributed by atoms with Crippen molar-refractivity contribution in [2.75, 3.05) is 19.7 Å². The zero-order valence-corrected chi connectivity index (χ0v) is 14.5. The molecular weight excluding hydrogens is 324 g/mol. The van der Waals surface area contributed by atoms with E-state index in [4.69, 9.17) is 16.3 Å². The van der Waals surface area contributed by atoms with Gasteiger partial charge in [-0.15, -0.1) is 0 Å². The summed E-state index contributed by atoms with van der Waals surface area (Å²) in [4.78, 5) is 6.51. The summed E-state index contributed by atoms with van der Waals surface area (Å²) >= 11 is 6.18. The van der Waals surface area contributed by atoms with Gasteiger partial charge in [0.2, 0.25) is 0 Å². The van der Waals surface area contributed by atoms with Crippen LogP contribution in [0.1, 0.15) is 24.0 Å². The Morgan fingerprint density at radius 1 is 1.25 bits per heavy atom. The first-order valence-electron chi connectivity index (χ1n) is 8.38. The molecule has 24 heavy (non-hydrogen) atoms. The molecule has 1 N–H and O–H groups in total. The number of likely N-dealkylation sites (tertiary alicyclic amines) is 1. The Morgan fingerprint density at radius 3 is 2.79 bits per heavy atom. The van der Waals surface area contributed by atoms with Crippen molar-refractivity contribution in [3.63, 3.8) is 0 Å². The van der Waals surface area contributed by atoms with Gasteiger partial charge in [-0.2, -0.15) is 0 Å². The van der Waals surface area contributed by atoms with Crippen LogP contribution in [0.4, 0.5) is 0 Å². The average molecular weight is 347 g/mol. The Labute approximate surface area is 148 Å². The van der Waals surface area contributed by atoms with Crippen molar-refractivity contribution < 1.29 is 9.84 Å². The fourth-order valence-electron chi connectivity index (χ4n) is 3.03. The van der Waals surface area contributed by atoms with Crippen molar-refractivity contribution in [2.24, 2.45) is 5.92 Å². The normalized spacial score (nSPS) is 16.2. The number of hydrogen-bond donors (Lipinski definition) is 1. The van der Waals surface area contributed by atoms with Crippen molar-refractivity contribution >= 4 is 11.6 Å². The second-order valence-electron chi connectivity index (χ2n) is 6.30. The fraction of sp³-hybridized carbons (Fsp3) is 0.421. The van der Waals surface area contributed by atoms with Crippen LogP contribution >= 0.6 is 11.6 Å². The van der Waals surface area contributed by atoms with Crippen LogP contribution in [0.25, 0.3) is 0 Å². The van der Waals surface area contributed by atoms with Gasteiger partial charge in [0.25, 0.3) is 0 Å². The lowest BCUT2D eigenvalue weighted by Crippen LogP contribution is -2.34. The van der Waals surface area contributed by atoms with E-state index in [9.17, 15) is 5.11 Å². The summed E-state index contributed by atoms with van der Waals surface area (Å²) in [7, 11) is 0. The Bertz CT molecular complexity index is 643. The number of rotatable bonds is 6. The van der Waals surface area contributed by atoms with E-state index in [1.165, 1.54) is 0 Å². The third-order valence-electron chi connectivity index (χ3n) is 4.50. The van der Waals surface area contributed by atoms with Crippen LogP contribution in [-0.4, -0.2) is 34.7 Å². The van der Waals surface area contributed by atoms with E-state index in [1.54, 1.807) is 6.20 Å². The van der Waals surface area contributed by atoms with Crippen LogP contribution in [0.5, 0.6) is 5.75 Å². The smallest absolute Gasteiger partial charge is 0.124 e. The molecule has 2 heterocycles. The van der Waals surface area contributed by atoms with Gasteiger partial charge in [0.1, 0.15) is 12.4 Å². The molecule has 3 rings (SSSR count). The lowest BCUT2D eigenvalue weighted by atomic mass is 9.97. The zero-order valence-electron chi connectivity index (χ0n) is 13.7. The van der Waals surface area contributed by atoms with E-state index >= 15 is 0 Å². The van der Waals surface area contributed by atoms with Gasteiger partial charge in [0.05, 0.1) is 0 Å². The van der Waals surface area contributed by atoms with Crippen LogP contribution in [0.3, 0.4) is 0 Å². The van der Waals surface area contributed by atoms with Crippen molar-refractivity contribution in [3.05, 3.63) is 58.9 Å². The highest BCUT2D eigenvalue weighted by atomic mass is 35.5. The van der Waals surface area contributed by atoms with Crippen molar-refractivity contribution in [1.82, 2.24) is 9.88 Å². The molecule has 1 fully saturated rings. The molecule has 2 aromatic rings. The minimum Gasteiger partial charge on any atom is -0.489 e. The van der Waals surface area contributed by atoms with Crippen LogP contribution < -0.4 is 4.74 Å². The molecule has 0 atom stereocenters. The van der Waals surface area contributed by atoms with Gasteiger partial charge in [-0.25, -0.2) is 0 Å². The quantitative estimate of drug-likeness (QED) is 0.869. The summed E-state index contributed by atoms with van der Waals surface area (Å²) in [5, 5.41) is 9.99. The van der Waals surface area contributed by atoms with E-state index in [0.717, 1.165) is 54.4 Å². The molecule has 0 saturated carbocycles. The lowest BCUT2D eigenvalue weighted by molar-refractivity contribution is 0.126. The number of nitrogens with zero attached hydrogens (tertiary/aromatic N) is 2. The highest BCUT2D eigenvalue weighted by molar-refractivity contribution is 6.30. The number of piperidine rings is 1. The lowest BCUT2D eigenvalue weighted by Gasteiger charge is -2.31. The maximum absolute atomic E-state index is 9.26. The van der Waals surface area contributed by atoms with Crippen LogP contribution in [-0.2, 0) is 13.2 Å². The van der Waals surface area contributed by atoms with Crippen LogP contribution in [0, 0.1) is 5.92 Å². The molecule has 1 aliphatic heterocycles. The first-order chi connectivity index (χ1) is 11.7. The highest BCUT2D eigenvalue weighted by Gasteiger charge is 2.19. The summed E-state index contributed by atoms with van der Waals surface area (Å²) in [6.45, 7) is 3.61. The predicted octanol–water partition coefficient (Wildman–Crippen LogP) is 3.52. The maximum Gasteiger partial charge on any atom is 0.124 e. The number of aliphatic hydroxyl groups excluding tert-OH is 1. The molecule has 0 bridgehead atoms. The molecule has 1 aliphatic rings. The molecule has 0 amide bonds. The monoisotopic (exact) mass is 346 g/mol. The van der Waals surface area contributed by atoms with E-state index in [2.05, 4.69) is 9.88 Å². The Kier molecular flexibility index (Phi) is 6.07. The summed E-state index contributed by atoms with van der Waals surface area (Å²) in [5.74, 6) is 1.31. The second-order valence-corrected chi connectivity index (χ2v) is 6.74. The third-order valence-corrected chi connectivity index (χ3v) is 4.73. The number of halogens is 1. The molecule has 0 aliphatic carbocycles. The molecule has 0 unspecified atom stereocenters. The van der Waals surface area contributed by atoms with E-state index < -0.39 is 0 Å². The van der Waals surface area contributed by atoms with Crippen LogP contribution in [0.15, 0.2) is 42.7 Å². The Balaban J connectivity index is 1.65. The summed E-state index contributed by atoms with van der Waals surface area (Å²) in [6.07, 6.45) is 5.66. The van der Waals surface area contributed by atoms with Crippen molar-refractivity contribution in [2.45, 2.75) is 26.0 Å². The predicted molar refractivity (Wildman–Crippen MR) is 95.1 cm³/mol. The van der Waals surface area contributed by atoms with Gasteiger partial charge in [-0.1, -0.05) is 17.7 Å². The van der Waals surface area contributed by atoms with Gasteiger partial charge in [-0.05, 0) is 56.1 Å². The topological polar surface area (TPSA) is 45.6 Å². The molecule has 128 valence electrons. The Morgan fingerprint density at radius 2 is 2.08 bits per heavy atom. The number of pyridine rings is 1. The summed E-state index contributed by atoms with van der Waals surface area (Å²) in [5.41, 5.74) is 2.15.